The molecule has 6 heteroatoms. The summed E-state index contributed by atoms with van der Waals surface area (Å²) in [7, 11) is 1.18. The fourth-order valence-electron chi connectivity index (χ4n) is 1.10. The van der Waals surface area contributed by atoms with Gasteiger partial charge in [-0.3, -0.25) is 4.79 Å². The van der Waals surface area contributed by atoms with Crippen LogP contribution in [0.15, 0.2) is 10.8 Å². The van der Waals surface area contributed by atoms with Crippen LogP contribution in [0.3, 0.4) is 0 Å². The van der Waals surface area contributed by atoms with Crippen LogP contribution in [0.25, 0.3) is 0 Å². The van der Waals surface area contributed by atoms with Gasteiger partial charge in [-0.2, -0.15) is 11.3 Å². The summed E-state index contributed by atoms with van der Waals surface area (Å²) in [4.78, 5) is 22.4. The van der Waals surface area contributed by atoms with Gasteiger partial charge in [-0.15, -0.1) is 0 Å². The van der Waals surface area contributed by atoms with Crippen LogP contribution in [0, 0.1) is 6.92 Å². The first-order valence-electron chi connectivity index (χ1n) is 4.63. The zero-order chi connectivity index (χ0) is 12.1. The van der Waals surface area contributed by atoms with Gasteiger partial charge < -0.3 is 15.2 Å². The van der Waals surface area contributed by atoms with Crippen molar-refractivity contribution in [2.75, 3.05) is 13.7 Å². The highest BCUT2D eigenvalue weighted by Crippen LogP contribution is 2.12. The average Bonchev–Trinajstić information content (AvgIpc) is 2.70. The van der Waals surface area contributed by atoms with Crippen LogP contribution in [0.4, 0.5) is 0 Å². The number of carbonyl (C=O) groups is 2. The number of amides is 1. The summed E-state index contributed by atoms with van der Waals surface area (Å²) in [5, 5.41) is 15.3. The second-order valence-corrected chi connectivity index (χ2v) is 3.96. The van der Waals surface area contributed by atoms with Gasteiger partial charge in [-0.05, 0) is 17.9 Å². The normalized spacial score (nSPS) is 11.9. The number of methoxy groups -OCH3 is 1. The Labute approximate surface area is 97.0 Å². The zero-order valence-electron chi connectivity index (χ0n) is 9.02. The standard InChI is InChI=1S/C10H13NO4S/c1-6-4-16-5-7(6)9(13)11-3-8(12)10(14)15-2/h4-5,8,12H,3H2,1-2H3,(H,11,13). The van der Waals surface area contributed by atoms with Crippen LogP contribution in [0.5, 0.6) is 0 Å². The van der Waals surface area contributed by atoms with E-state index in [1.165, 1.54) is 18.4 Å². The van der Waals surface area contributed by atoms with Crippen molar-refractivity contribution >= 4 is 23.2 Å². The van der Waals surface area contributed by atoms with E-state index in [0.29, 0.717) is 5.56 Å². The molecule has 1 atom stereocenters. The molecule has 0 aliphatic heterocycles. The highest BCUT2D eigenvalue weighted by atomic mass is 32.1. The topological polar surface area (TPSA) is 75.6 Å². The van der Waals surface area contributed by atoms with E-state index in [0.717, 1.165) is 5.56 Å². The Morgan fingerprint density at radius 2 is 2.25 bits per heavy atom. The molecule has 88 valence electrons. The van der Waals surface area contributed by atoms with Crippen molar-refractivity contribution in [1.82, 2.24) is 5.32 Å². The Morgan fingerprint density at radius 1 is 1.56 bits per heavy atom. The van der Waals surface area contributed by atoms with Gasteiger partial charge in [-0.25, -0.2) is 4.79 Å². The average molecular weight is 243 g/mol. The summed E-state index contributed by atoms with van der Waals surface area (Å²) >= 11 is 1.42. The van der Waals surface area contributed by atoms with Crippen molar-refractivity contribution in [2.45, 2.75) is 13.0 Å². The molecule has 1 rings (SSSR count). The van der Waals surface area contributed by atoms with Gasteiger partial charge >= 0.3 is 5.97 Å². The van der Waals surface area contributed by atoms with Crippen LogP contribution in [0.2, 0.25) is 0 Å². The van der Waals surface area contributed by atoms with Crippen molar-refractivity contribution in [3.63, 3.8) is 0 Å². The fraction of sp³-hybridized carbons (Fsp3) is 0.400. The van der Waals surface area contributed by atoms with Gasteiger partial charge in [0.2, 0.25) is 0 Å². The third-order valence-electron chi connectivity index (χ3n) is 2.03. The molecule has 0 aromatic carbocycles. The highest BCUT2D eigenvalue weighted by molar-refractivity contribution is 7.08. The molecule has 1 aromatic rings. The Hall–Kier alpha value is -1.40. The molecule has 1 unspecified atom stereocenters. The molecule has 5 nitrogen and oxygen atoms in total. The van der Waals surface area contributed by atoms with Crippen molar-refractivity contribution in [3.05, 3.63) is 21.9 Å². The lowest BCUT2D eigenvalue weighted by Gasteiger charge is -2.09. The molecule has 16 heavy (non-hydrogen) atoms. The minimum absolute atomic E-state index is 0.152. The van der Waals surface area contributed by atoms with Crippen LogP contribution in [0.1, 0.15) is 15.9 Å². The van der Waals surface area contributed by atoms with Crippen LogP contribution >= 0.6 is 11.3 Å². The Kier molecular flexibility index (Phi) is 4.45. The molecule has 0 aliphatic rings. The number of rotatable bonds is 4. The fourth-order valence-corrected chi connectivity index (χ4v) is 1.93. The lowest BCUT2D eigenvalue weighted by atomic mass is 10.2. The lowest BCUT2D eigenvalue weighted by Crippen LogP contribution is -2.37. The van der Waals surface area contributed by atoms with Crippen molar-refractivity contribution < 1.29 is 19.4 Å². The molecule has 1 aromatic heterocycles. The molecule has 0 bridgehead atoms. The van der Waals surface area contributed by atoms with Crippen molar-refractivity contribution in [2.24, 2.45) is 0 Å². The summed E-state index contributed by atoms with van der Waals surface area (Å²) < 4.78 is 4.32. The zero-order valence-corrected chi connectivity index (χ0v) is 9.84. The first-order chi connectivity index (χ1) is 7.56. The molecule has 0 aliphatic carbocycles. The summed E-state index contributed by atoms with van der Waals surface area (Å²) in [5.74, 6) is -1.07. The SMILES string of the molecule is COC(=O)C(O)CNC(=O)c1cscc1C. The first kappa shape index (κ1) is 12.7. The monoisotopic (exact) mass is 243 g/mol. The minimum atomic E-state index is -1.33. The van der Waals surface area contributed by atoms with Gasteiger partial charge in [0.15, 0.2) is 6.10 Å². The van der Waals surface area contributed by atoms with E-state index in [-0.39, 0.29) is 12.5 Å². The predicted octanol–water partition coefficient (Wildman–Crippen LogP) is 0.320. The number of esters is 1. The van der Waals surface area contributed by atoms with E-state index in [1.54, 1.807) is 5.38 Å². The lowest BCUT2D eigenvalue weighted by molar-refractivity contribution is -0.149. The van der Waals surface area contributed by atoms with Gasteiger partial charge in [-0.1, -0.05) is 0 Å². The third-order valence-corrected chi connectivity index (χ3v) is 2.89. The molecule has 1 amide bonds. The smallest absolute Gasteiger partial charge is 0.336 e. The van der Waals surface area contributed by atoms with Crippen LogP contribution < -0.4 is 5.32 Å². The van der Waals surface area contributed by atoms with Crippen LogP contribution in [-0.4, -0.2) is 36.7 Å². The number of hydrogen-bond acceptors (Lipinski definition) is 5. The molecule has 0 spiro atoms. The molecular weight excluding hydrogens is 230 g/mol. The number of carbonyl (C=O) groups excluding carboxylic acids is 2. The summed E-state index contributed by atoms with van der Waals surface area (Å²) in [6.07, 6.45) is -1.33. The first-order valence-corrected chi connectivity index (χ1v) is 5.57. The van der Waals surface area contributed by atoms with Gasteiger partial charge in [0.05, 0.1) is 19.2 Å². The van der Waals surface area contributed by atoms with Gasteiger partial charge in [0, 0.05) is 5.38 Å². The maximum absolute atomic E-state index is 11.6. The molecular formula is C10H13NO4S. The molecule has 0 saturated heterocycles. The predicted molar refractivity (Wildman–Crippen MR) is 59.4 cm³/mol. The van der Waals surface area contributed by atoms with E-state index in [1.807, 2.05) is 12.3 Å². The quantitative estimate of drug-likeness (QED) is 0.747. The second-order valence-electron chi connectivity index (χ2n) is 3.22. The molecule has 2 N–H and O–H groups in total. The number of ether oxygens (including phenoxy) is 1. The second kappa shape index (κ2) is 5.62. The van der Waals surface area contributed by atoms with Gasteiger partial charge in [0.1, 0.15) is 0 Å². The van der Waals surface area contributed by atoms with Gasteiger partial charge in [0.25, 0.3) is 5.91 Å². The Balaban J connectivity index is 2.48. The maximum Gasteiger partial charge on any atom is 0.336 e. The van der Waals surface area contributed by atoms with E-state index in [9.17, 15) is 14.7 Å². The molecule has 0 radical (unpaired) electrons. The number of hydrogen-bond donors (Lipinski definition) is 2. The largest absolute Gasteiger partial charge is 0.467 e. The minimum Gasteiger partial charge on any atom is -0.467 e. The van der Waals surface area contributed by atoms with Crippen LogP contribution in [-0.2, 0) is 9.53 Å². The Morgan fingerprint density at radius 3 is 2.75 bits per heavy atom. The number of aliphatic hydroxyl groups is 1. The number of nitrogens with one attached hydrogen (secondary N) is 1. The highest BCUT2D eigenvalue weighted by Gasteiger charge is 2.17. The summed E-state index contributed by atoms with van der Waals surface area (Å²) in [6.45, 7) is 1.67. The third kappa shape index (κ3) is 3.04. The summed E-state index contributed by atoms with van der Waals surface area (Å²) in [6, 6.07) is 0. The maximum atomic E-state index is 11.6. The number of aryl methyl sites for hydroxylation is 1. The number of aliphatic hydroxyl groups excluding tert-OH is 1. The summed E-state index contributed by atoms with van der Waals surface area (Å²) in [5.41, 5.74) is 1.43. The van der Waals surface area contributed by atoms with Crippen molar-refractivity contribution in [3.8, 4) is 0 Å². The van der Waals surface area contributed by atoms with E-state index in [4.69, 9.17) is 0 Å². The number of thiophene rings is 1. The molecule has 0 saturated carbocycles. The van der Waals surface area contributed by atoms with E-state index in [2.05, 4.69) is 10.1 Å². The molecule has 1 heterocycles. The Bertz CT molecular complexity index is 388. The van der Waals surface area contributed by atoms with E-state index < -0.39 is 12.1 Å². The van der Waals surface area contributed by atoms with Crippen molar-refractivity contribution in [1.29, 1.82) is 0 Å². The van der Waals surface area contributed by atoms with E-state index >= 15 is 0 Å². The molecule has 0 fully saturated rings.